The number of piperazine rings is 1. The molecule has 5 rings (SSSR count). The molecular formula is C23H26ClN5O2. The summed E-state index contributed by atoms with van der Waals surface area (Å²) in [4.78, 5) is 17.2. The van der Waals surface area contributed by atoms with E-state index in [0.29, 0.717) is 30.8 Å². The van der Waals surface area contributed by atoms with Gasteiger partial charge in [-0.25, -0.2) is 0 Å². The summed E-state index contributed by atoms with van der Waals surface area (Å²) in [5, 5.41) is 9.17. The van der Waals surface area contributed by atoms with Gasteiger partial charge in [0.1, 0.15) is 12.2 Å². The Balaban J connectivity index is 1.22. The fourth-order valence-corrected chi connectivity index (χ4v) is 4.44. The third-order valence-electron chi connectivity index (χ3n) is 6.39. The number of rotatable bonds is 5. The van der Waals surface area contributed by atoms with Crippen molar-refractivity contribution < 1.29 is 9.21 Å². The summed E-state index contributed by atoms with van der Waals surface area (Å²) >= 11 is 6.18. The maximum atomic E-state index is 13.0. The van der Waals surface area contributed by atoms with E-state index >= 15 is 0 Å². The molecule has 1 aliphatic heterocycles. The van der Waals surface area contributed by atoms with Gasteiger partial charge in [-0.2, -0.15) is 0 Å². The second kappa shape index (κ2) is 8.38. The third kappa shape index (κ3) is 4.06. The third-order valence-corrected chi connectivity index (χ3v) is 6.63. The summed E-state index contributed by atoms with van der Waals surface area (Å²) in [7, 11) is 0. The number of halogens is 1. The van der Waals surface area contributed by atoms with Crippen LogP contribution in [0.1, 0.15) is 36.6 Å². The van der Waals surface area contributed by atoms with Crippen LogP contribution >= 0.6 is 11.6 Å². The van der Waals surface area contributed by atoms with E-state index in [9.17, 15) is 4.79 Å². The number of carbonyl (C=O) groups excluding carboxylic acids is 1. The van der Waals surface area contributed by atoms with Crippen molar-refractivity contribution in [2.45, 2.75) is 38.6 Å². The number of hydrogen-bond acceptors (Lipinski definition) is 5. The number of benzene rings is 1. The van der Waals surface area contributed by atoms with E-state index in [2.05, 4.69) is 22.0 Å². The van der Waals surface area contributed by atoms with Gasteiger partial charge in [-0.3, -0.25) is 4.79 Å². The highest BCUT2D eigenvalue weighted by atomic mass is 35.5. The summed E-state index contributed by atoms with van der Waals surface area (Å²) in [6, 6.07) is 9.79. The maximum absolute atomic E-state index is 13.0. The minimum absolute atomic E-state index is 0.0960. The Morgan fingerprint density at radius 2 is 1.97 bits per heavy atom. The first kappa shape index (κ1) is 20.1. The Hall–Kier alpha value is -2.80. The number of aryl methyl sites for hydroxylation is 1. The molecule has 31 heavy (non-hydrogen) atoms. The van der Waals surface area contributed by atoms with Gasteiger partial charge in [0.15, 0.2) is 0 Å². The molecule has 0 spiro atoms. The van der Waals surface area contributed by atoms with Crippen LogP contribution in [0.4, 0.5) is 5.69 Å². The molecule has 0 atom stereocenters. The molecule has 1 amide bonds. The molecule has 0 radical (unpaired) electrons. The van der Waals surface area contributed by atoms with Gasteiger partial charge in [0.05, 0.1) is 0 Å². The van der Waals surface area contributed by atoms with Crippen LogP contribution < -0.4 is 4.90 Å². The summed E-state index contributed by atoms with van der Waals surface area (Å²) in [5.41, 5.74) is 3.13. The van der Waals surface area contributed by atoms with E-state index in [-0.39, 0.29) is 12.5 Å². The van der Waals surface area contributed by atoms with E-state index in [0.717, 1.165) is 42.3 Å². The van der Waals surface area contributed by atoms with Crippen molar-refractivity contribution in [1.82, 2.24) is 19.7 Å². The molecule has 1 aromatic carbocycles. The Morgan fingerprint density at radius 3 is 2.71 bits per heavy atom. The number of carbonyl (C=O) groups is 1. The van der Waals surface area contributed by atoms with Gasteiger partial charge in [-0.05, 0) is 49.6 Å². The zero-order valence-corrected chi connectivity index (χ0v) is 18.4. The highest BCUT2D eigenvalue weighted by molar-refractivity contribution is 6.30. The molecule has 162 valence electrons. The fourth-order valence-electron chi connectivity index (χ4n) is 4.27. The quantitative estimate of drug-likeness (QED) is 0.598. The molecule has 1 saturated carbocycles. The van der Waals surface area contributed by atoms with E-state index in [1.165, 1.54) is 12.0 Å². The highest BCUT2D eigenvalue weighted by Crippen LogP contribution is 2.36. The average molecular weight is 440 g/mol. The molecule has 7 nitrogen and oxygen atoms in total. The predicted octanol–water partition coefficient (Wildman–Crippen LogP) is 4.12. The van der Waals surface area contributed by atoms with Crippen molar-refractivity contribution in [2.24, 2.45) is 0 Å². The molecule has 8 heteroatoms. The van der Waals surface area contributed by atoms with Crippen LogP contribution in [-0.4, -0.2) is 51.8 Å². The van der Waals surface area contributed by atoms with Crippen molar-refractivity contribution in [3.63, 3.8) is 0 Å². The van der Waals surface area contributed by atoms with Crippen molar-refractivity contribution in [3.05, 3.63) is 53.0 Å². The molecule has 2 aliphatic rings. The lowest BCUT2D eigenvalue weighted by Crippen LogP contribution is -2.49. The zero-order chi connectivity index (χ0) is 21.4. The molecule has 3 heterocycles. The van der Waals surface area contributed by atoms with E-state index < -0.39 is 0 Å². The van der Waals surface area contributed by atoms with Crippen molar-refractivity contribution >= 4 is 23.2 Å². The zero-order valence-electron chi connectivity index (χ0n) is 17.6. The maximum Gasteiger partial charge on any atom is 0.264 e. The Bertz CT molecular complexity index is 1080. The van der Waals surface area contributed by atoms with Gasteiger partial charge in [0.25, 0.3) is 5.89 Å². The fraction of sp³-hybridized carbons (Fsp3) is 0.435. The highest BCUT2D eigenvalue weighted by Gasteiger charge is 2.27. The summed E-state index contributed by atoms with van der Waals surface area (Å²) in [6.07, 6.45) is 5.34. The van der Waals surface area contributed by atoms with E-state index in [1.54, 1.807) is 0 Å². The van der Waals surface area contributed by atoms with Crippen LogP contribution in [0, 0.1) is 6.92 Å². The van der Waals surface area contributed by atoms with Crippen LogP contribution in [0.25, 0.3) is 11.6 Å². The predicted molar refractivity (Wildman–Crippen MR) is 119 cm³/mol. The first-order valence-corrected chi connectivity index (χ1v) is 11.2. The molecule has 1 saturated heterocycles. The van der Waals surface area contributed by atoms with Crippen LogP contribution in [0.5, 0.6) is 0 Å². The topological polar surface area (TPSA) is 67.4 Å². The molecule has 0 N–H and O–H groups in total. The normalized spacial score (nSPS) is 17.1. The van der Waals surface area contributed by atoms with Gasteiger partial charge in [-0.15, -0.1) is 10.2 Å². The lowest BCUT2D eigenvalue weighted by atomic mass is 9.85. The SMILES string of the molecule is Cc1ccc(Cl)cc1N1CCN(C(=O)Cn2cccc2-c2nnc(C3CCC3)o2)CC1. The van der Waals surface area contributed by atoms with E-state index in [1.807, 2.05) is 46.0 Å². The van der Waals surface area contributed by atoms with Crippen LogP contribution in [-0.2, 0) is 11.3 Å². The summed E-state index contributed by atoms with van der Waals surface area (Å²) < 4.78 is 7.79. The standard InChI is InChI=1S/C23H26ClN5O2/c1-16-7-8-18(24)14-20(16)27-10-12-28(13-11-27)21(30)15-29-9-3-6-19(29)23-26-25-22(31-23)17-4-2-5-17/h3,6-9,14,17H,2,4-5,10-13,15H2,1H3. The molecule has 2 fully saturated rings. The number of anilines is 1. The Labute approximate surface area is 186 Å². The second-order valence-corrected chi connectivity index (χ2v) is 8.83. The van der Waals surface area contributed by atoms with E-state index in [4.69, 9.17) is 16.0 Å². The lowest BCUT2D eigenvalue weighted by molar-refractivity contribution is -0.132. The Kier molecular flexibility index (Phi) is 5.44. The summed E-state index contributed by atoms with van der Waals surface area (Å²) in [5.74, 6) is 1.69. The molecule has 3 aromatic rings. The number of nitrogens with zero attached hydrogens (tertiary/aromatic N) is 5. The lowest BCUT2D eigenvalue weighted by Gasteiger charge is -2.37. The molecule has 2 aromatic heterocycles. The van der Waals surface area contributed by atoms with Crippen molar-refractivity contribution in [2.75, 3.05) is 31.1 Å². The van der Waals surface area contributed by atoms with Crippen LogP contribution in [0.3, 0.4) is 0 Å². The van der Waals surface area contributed by atoms with Crippen molar-refractivity contribution in [3.8, 4) is 11.6 Å². The number of aromatic nitrogens is 3. The minimum atomic E-state index is 0.0960. The van der Waals surface area contributed by atoms with Gasteiger partial charge < -0.3 is 18.8 Å². The van der Waals surface area contributed by atoms with Crippen LogP contribution in [0.2, 0.25) is 5.02 Å². The number of amides is 1. The van der Waals surface area contributed by atoms with Gasteiger partial charge in [0.2, 0.25) is 11.8 Å². The molecule has 1 aliphatic carbocycles. The molecular weight excluding hydrogens is 414 g/mol. The molecule has 0 unspecified atom stereocenters. The van der Waals surface area contributed by atoms with Gasteiger partial charge in [0, 0.05) is 49.0 Å². The first-order chi connectivity index (χ1) is 15.1. The smallest absolute Gasteiger partial charge is 0.264 e. The number of hydrogen-bond donors (Lipinski definition) is 0. The largest absolute Gasteiger partial charge is 0.419 e. The monoisotopic (exact) mass is 439 g/mol. The van der Waals surface area contributed by atoms with Gasteiger partial charge >= 0.3 is 0 Å². The first-order valence-electron chi connectivity index (χ1n) is 10.9. The Morgan fingerprint density at radius 1 is 1.16 bits per heavy atom. The van der Waals surface area contributed by atoms with Crippen LogP contribution in [0.15, 0.2) is 40.9 Å². The average Bonchev–Trinajstić information content (AvgIpc) is 3.38. The molecule has 0 bridgehead atoms. The summed E-state index contributed by atoms with van der Waals surface area (Å²) in [6.45, 7) is 5.31. The second-order valence-electron chi connectivity index (χ2n) is 8.39. The van der Waals surface area contributed by atoms with Crippen molar-refractivity contribution in [1.29, 1.82) is 0 Å². The minimum Gasteiger partial charge on any atom is -0.419 e. The van der Waals surface area contributed by atoms with Gasteiger partial charge in [-0.1, -0.05) is 24.1 Å².